The van der Waals surface area contributed by atoms with Crippen molar-refractivity contribution < 1.29 is 22.3 Å². The van der Waals surface area contributed by atoms with Gasteiger partial charge in [0.25, 0.3) is 0 Å². The molecule has 0 radical (unpaired) electrons. The lowest BCUT2D eigenvalue weighted by atomic mass is 10.0. The largest absolute Gasteiger partial charge is 0.446 e. The summed E-state index contributed by atoms with van der Waals surface area (Å²) in [6.07, 6.45) is 2.90. The molecule has 0 spiro atoms. The van der Waals surface area contributed by atoms with Crippen LogP contribution in [0.4, 0.5) is 20.7 Å². The number of halogens is 1. The van der Waals surface area contributed by atoms with Crippen molar-refractivity contribution in [3.8, 4) is 0 Å². The van der Waals surface area contributed by atoms with Crippen LogP contribution in [-0.2, 0) is 21.0 Å². The smallest absolute Gasteiger partial charge is 0.407 e. The summed E-state index contributed by atoms with van der Waals surface area (Å²) in [7, 11) is -3.57. The van der Waals surface area contributed by atoms with Crippen molar-refractivity contribution in [3.05, 3.63) is 35.3 Å². The van der Waals surface area contributed by atoms with Crippen molar-refractivity contribution >= 4 is 27.4 Å². The fourth-order valence-corrected chi connectivity index (χ4v) is 5.78. The summed E-state index contributed by atoms with van der Waals surface area (Å²) in [5, 5.41) is 12.8. The minimum atomic E-state index is -3.57. The number of amides is 1. The number of aryl methyl sites for hydroxylation is 1. The molecule has 0 saturated heterocycles. The molecule has 2 aliphatic rings. The van der Waals surface area contributed by atoms with E-state index in [1.54, 1.807) is 18.2 Å². The average Bonchev–Trinajstić information content (AvgIpc) is 3.43. The lowest BCUT2D eigenvalue weighted by Crippen LogP contribution is -2.34. The number of alkyl carbamates (subject to hydrolysis) is 1. The summed E-state index contributed by atoms with van der Waals surface area (Å²) in [4.78, 5) is 11.7. The van der Waals surface area contributed by atoms with Crippen molar-refractivity contribution in [2.45, 2.75) is 68.9 Å². The number of sulfone groups is 1. The van der Waals surface area contributed by atoms with Crippen LogP contribution in [0.15, 0.2) is 23.1 Å². The molecule has 1 aliphatic carbocycles. The average molecular weight is 451 g/mol. The number of benzene rings is 1. The zero-order valence-electron chi connectivity index (χ0n) is 17.6. The van der Waals surface area contributed by atoms with Crippen molar-refractivity contribution in [3.63, 3.8) is 0 Å². The highest BCUT2D eigenvalue weighted by Crippen LogP contribution is 2.37. The molecule has 8 nitrogen and oxygen atoms in total. The van der Waals surface area contributed by atoms with Gasteiger partial charge in [0, 0.05) is 23.7 Å². The number of carbonyl (C=O) groups is 1. The monoisotopic (exact) mass is 450 g/mol. The van der Waals surface area contributed by atoms with Crippen molar-refractivity contribution in [1.29, 1.82) is 0 Å². The van der Waals surface area contributed by atoms with Crippen LogP contribution in [0.1, 0.15) is 56.7 Å². The van der Waals surface area contributed by atoms with E-state index in [0.29, 0.717) is 24.2 Å². The Kier molecular flexibility index (Phi) is 5.92. The SMILES string of the molecule is CC[C@H](C)NC(=O)OC1CCC(c2cc(Nc3ccc4c(c3F)S(=O)(=O)CC4)n[nH]2)C1. The molecule has 1 aromatic carbocycles. The first-order chi connectivity index (χ1) is 14.8. The van der Waals surface area contributed by atoms with Gasteiger partial charge in [-0.1, -0.05) is 13.0 Å². The number of nitrogens with one attached hydrogen (secondary N) is 3. The predicted octanol–water partition coefficient (Wildman–Crippen LogP) is 3.78. The number of hydrogen-bond donors (Lipinski definition) is 3. The Morgan fingerprint density at radius 1 is 1.39 bits per heavy atom. The molecule has 2 heterocycles. The van der Waals surface area contributed by atoms with Gasteiger partial charge in [-0.05, 0) is 50.7 Å². The van der Waals surface area contributed by atoms with E-state index in [4.69, 9.17) is 4.74 Å². The Hall–Kier alpha value is -2.62. The van der Waals surface area contributed by atoms with Gasteiger partial charge >= 0.3 is 6.09 Å². The number of anilines is 2. The number of H-pyrrole nitrogens is 1. The Bertz CT molecular complexity index is 1090. The summed E-state index contributed by atoms with van der Waals surface area (Å²) in [6.45, 7) is 3.92. The maximum absolute atomic E-state index is 14.8. The van der Waals surface area contributed by atoms with Crippen LogP contribution in [0, 0.1) is 5.82 Å². The second-order valence-electron chi connectivity index (χ2n) is 8.31. The summed E-state index contributed by atoms with van der Waals surface area (Å²) in [5.74, 6) is -0.269. The zero-order chi connectivity index (χ0) is 22.2. The third kappa shape index (κ3) is 4.53. The number of carbonyl (C=O) groups excluding carboxylic acids is 1. The number of hydrogen-bond acceptors (Lipinski definition) is 6. The first-order valence-electron chi connectivity index (χ1n) is 10.6. The predicted molar refractivity (Wildman–Crippen MR) is 114 cm³/mol. The van der Waals surface area contributed by atoms with Gasteiger partial charge in [-0.2, -0.15) is 5.10 Å². The van der Waals surface area contributed by atoms with Gasteiger partial charge in [0.05, 0.1) is 11.4 Å². The molecule has 1 aliphatic heterocycles. The van der Waals surface area contributed by atoms with Crippen LogP contribution in [0.3, 0.4) is 0 Å². The summed E-state index contributed by atoms with van der Waals surface area (Å²) in [5.41, 5.74) is 1.46. The van der Waals surface area contributed by atoms with E-state index >= 15 is 0 Å². The molecule has 1 saturated carbocycles. The van der Waals surface area contributed by atoms with Crippen LogP contribution in [0.2, 0.25) is 0 Å². The molecular formula is C21H27FN4O4S. The van der Waals surface area contributed by atoms with Gasteiger partial charge in [0.2, 0.25) is 0 Å². The molecule has 31 heavy (non-hydrogen) atoms. The molecule has 3 atom stereocenters. The number of fused-ring (bicyclic) bond motifs is 1. The molecule has 0 bridgehead atoms. The lowest BCUT2D eigenvalue weighted by Gasteiger charge is -2.16. The first-order valence-corrected chi connectivity index (χ1v) is 12.3. The normalized spacial score (nSPS) is 22.7. The molecule has 1 aromatic heterocycles. The number of aromatic amines is 1. The fourth-order valence-electron chi connectivity index (χ4n) is 4.14. The zero-order valence-corrected chi connectivity index (χ0v) is 18.4. The molecule has 168 valence electrons. The van der Waals surface area contributed by atoms with Crippen LogP contribution < -0.4 is 10.6 Å². The molecule has 3 N–H and O–H groups in total. The van der Waals surface area contributed by atoms with Gasteiger partial charge in [-0.15, -0.1) is 0 Å². The minimum Gasteiger partial charge on any atom is -0.446 e. The number of aromatic nitrogens is 2. The molecular weight excluding hydrogens is 423 g/mol. The van der Waals surface area contributed by atoms with E-state index in [9.17, 15) is 17.6 Å². The molecule has 1 fully saturated rings. The van der Waals surface area contributed by atoms with Crippen molar-refractivity contribution in [2.24, 2.45) is 0 Å². The van der Waals surface area contributed by atoms with Crippen LogP contribution in [-0.4, -0.2) is 42.6 Å². The summed E-state index contributed by atoms with van der Waals surface area (Å²) >= 11 is 0. The maximum atomic E-state index is 14.8. The van der Waals surface area contributed by atoms with Gasteiger partial charge < -0.3 is 15.4 Å². The van der Waals surface area contributed by atoms with Gasteiger partial charge in [-0.25, -0.2) is 17.6 Å². The Balaban J connectivity index is 1.39. The highest BCUT2D eigenvalue weighted by molar-refractivity contribution is 7.91. The lowest BCUT2D eigenvalue weighted by molar-refractivity contribution is 0.0974. The van der Waals surface area contributed by atoms with Gasteiger partial charge in [-0.3, -0.25) is 5.10 Å². The molecule has 1 amide bonds. The van der Waals surface area contributed by atoms with Crippen LogP contribution in [0.25, 0.3) is 0 Å². The molecule has 2 aromatic rings. The molecule has 4 rings (SSSR count). The molecule has 10 heteroatoms. The third-order valence-corrected chi connectivity index (χ3v) is 7.87. The van der Waals surface area contributed by atoms with Crippen LogP contribution >= 0.6 is 0 Å². The number of rotatable bonds is 6. The van der Waals surface area contributed by atoms with Crippen molar-refractivity contribution in [2.75, 3.05) is 11.1 Å². The van der Waals surface area contributed by atoms with E-state index < -0.39 is 21.7 Å². The Labute approximate surface area is 180 Å². The van der Waals surface area contributed by atoms with Crippen molar-refractivity contribution in [1.82, 2.24) is 15.5 Å². The van der Waals surface area contributed by atoms with E-state index in [1.807, 2.05) is 13.8 Å². The quantitative estimate of drug-likeness (QED) is 0.617. The van der Waals surface area contributed by atoms with E-state index in [-0.39, 0.29) is 34.4 Å². The van der Waals surface area contributed by atoms with E-state index in [0.717, 1.165) is 25.0 Å². The molecule has 2 unspecified atom stereocenters. The van der Waals surface area contributed by atoms with Gasteiger partial charge in [0.15, 0.2) is 21.5 Å². The van der Waals surface area contributed by atoms with E-state index in [2.05, 4.69) is 20.8 Å². The number of ether oxygens (including phenoxy) is 1. The third-order valence-electron chi connectivity index (χ3n) is 6.06. The highest BCUT2D eigenvalue weighted by Gasteiger charge is 2.32. The topological polar surface area (TPSA) is 113 Å². The first kappa shape index (κ1) is 21.6. The fraction of sp³-hybridized carbons (Fsp3) is 0.524. The van der Waals surface area contributed by atoms with Gasteiger partial charge in [0.1, 0.15) is 11.0 Å². The second-order valence-corrected chi connectivity index (χ2v) is 10.4. The van der Waals surface area contributed by atoms with E-state index in [1.165, 1.54) is 0 Å². The Morgan fingerprint density at radius 3 is 2.97 bits per heavy atom. The van der Waals surface area contributed by atoms with Crippen LogP contribution in [0.5, 0.6) is 0 Å². The Morgan fingerprint density at radius 2 is 2.19 bits per heavy atom. The number of nitrogens with zero attached hydrogens (tertiary/aromatic N) is 1. The minimum absolute atomic E-state index is 0.0600. The summed E-state index contributed by atoms with van der Waals surface area (Å²) in [6, 6.07) is 5.04. The summed E-state index contributed by atoms with van der Waals surface area (Å²) < 4.78 is 44.5. The highest BCUT2D eigenvalue weighted by atomic mass is 32.2. The standard InChI is InChI=1S/C21H27FN4O4S/c1-3-12(2)23-21(27)30-15-6-4-14(10-15)17-11-18(26-25-17)24-16-7-5-13-8-9-31(28,29)20(13)19(16)22/h5,7,11-12,14-15H,3-4,6,8-10H2,1-2H3,(H,23,27)(H2,24,25,26)/t12-,14?,15?/m0/s1. The second kappa shape index (κ2) is 8.49. The maximum Gasteiger partial charge on any atom is 0.407 e.